The van der Waals surface area contributed by atoms with E-state index in [2.05, 4.69) is 15.5 Å². The largest absolute Gasteiger partial charge is 0.491 e. The van der Waals surface area contributed by atoms with Crippen molar-refractivity contribution < 1.29 is 41.8 Å². The fourth-order valence-corrected chi connectivity index (χ4v) is 2.34. The number of hydrogen-bond donors (Lipinski definition) is 3. The third-order valence-electron chi connectivity index (χ3n) is 3.50. The molecule has 0 fully saturated rings. The number of esters is 2. The molecule has 0 unspecified atom stereocenters. The Hall–Kier alpha value is -2.67. The standard InChI is InChI=1S/C15H21F3N4O6/c1-4-20-22(5-2)12(24)11-10(21-7(3)23)8(19)6-9(27-11)13(25)28-14(26)15(16,17)18/h6,8,10-11,20H,4-5,19H2,1-3H3,(H,21,23)/t8-,10+,11+/m0/s1. The SMILES string of the molecule is CCNN(CC)C(=O)[C@@H]1OC(C(=O)OC(=O)C(F)(F)F)=C[C@H](N)[C@H]1NC(C)=O. The molecule has 0 aromatic carbocycles. The van der Waals surface area contributed by atoms with Crippen molar-refractivity contribution in [3.05, 3.63) is 11.8 Å². The molecule has 0 radical (unpaired) electrons. The Kier molecular flexibility index (Phi) is 7.93. The summed E-state index contributed by atoms with van der Waals surface area (Å²) in [4.78, 5) is 46.8. The van der Waals surface area contributed by atoms with Crippen LogP contribution in [0.2, 0.25) is 0 Å². The number of nitrogens with two attached hydrogens (primary N) is 1. The fraction of sp³-hybridized carbons (Fsp3) is 0.600. The average Bonchev–Trinajstić information content (AvgIpc) is 2.59. The van der Waals surface area contributed by atoms with Crippen LogP contribution in [-0.4, -0.2) is 66.2 Å². The normalized spacial score (nSPS) is 21.8. The first-order valence-corrected chi connectivity index (χ1v) is 8.21. The van der Waals surface area contributed by atoms with Crippen LogP contribution in [0.25, 0.3) is 0 Å². The van der Waals surface area contributed by atoms with Crippen LogP contribution in [0.3, 0.4) is 0 Å². The Bertz CT molecular complexity index is 667. The second kappa shape index (κ2) is 9.50. The number of halogens is 3. The van der Waals surface area contributed by atoms with E-state index < -0.39 is 53.9 Å². The topological polar surface area (TPSA) is 140 Å². The summed E-state index contributed by atoms with van der Waals surface area (Å²) in [6, 6.07) is -2.30. The maximum absolute atomic E-state index is 12.7. The summed E-state index contributed by atoms with van der Waals surface area (Å²) < 4.78 is 45.7. The van der Waals surface area contributed by atoms with Gasteiger partial charge in [0.05, 0.1) is 12.1 Å². The molecule has 0 aromatic rings. The molecule has 1 rings (SSSR count). The third kappa shape index (κ3) is 5.92. The first kappa shape index (κ1) is 23.4. The molecule has 1 heterocycles. The summed E-state index contributed by atoms with van der Waals surface area (Å²) in [5.41, 5.74) is 8.56. The van der Waals surface area contributed by atoms with E-state index in [1.165, 1.54) is 0 Å². The Labute approximate surface area is 158 Å². The highest BCUT2D eigenvalue weighted by Gasteiger charge is 2.46. The number of carbonyl (C=O) groups excluding carboxylic acids is 4. The van der Waals surface area contributed by atoms with E-state index in [9.17, 15) is 32.3 Å². The van der Waals surface area contributed by atoms with E-state index >= 15 is 0 Å². The molecule has 2 amide bonds. The van der Waals surface area contributed by atoms with Crippen LogP contribution < -0.4 is 16.5 Å². The van der Waals surface area contributed by atoms with Gasteiger partial charge in [-0.25, -0.2) is 15.0 Å². The van der Waals surface area contributed by atoms with Gasteiger partial charge in [0, 0.05) is 20.0 Å². The molecule has 4 N–H and O–H groups in total. The second-order valence-corrected chi connectivity index (χ2v) is 5.64. The number of ether oxygens (including phenoxy) is 2. The molecule has 1 aliphatic heterocycles. The lowest BCUT2D eigenvalue weighted by Crippen LogP contribution is -2.62. The molecule has 0 bridgehead atoms. The van der Waals surface area contributed by atoms with E-state index in [0.717, 1.165) is 18.0 Å². The van der Waals surface area contributed by atoms with Crippen molar-refractivity contribution in [2.24, 2.45) is 5.73 Å². The quantitative estimate of drug-likeness (QED) is 0.291. The smallest absolute Gasteiger partial charge is 0.471 e. The Morgan fingerprint density at radius 1 is 1.29 bits per heavy atom. The highest BCUT2D eigenvalue weighted by Crippen LogP contribution is 2.22. The molecule has 1 aliphatic rings. The van der Waals surface area contributed by atoms with Gasteiger partial charge in [0.1, 0.15) is 0 Å². The number of likely N-dealkylation sites (N-methyl/N-ethyl adjacent to an activating group) is 1. The predicted molar refractivity (Wildman–Crippen MR) is 86.8 cm³/mol. The first-order valence-electron chi connectivity index (χ1n) is 8.21. The summed E-state index contributed by atoms with van der Waals surface area (Å²) in [6.45, 7) is 5.02. The number of nitrogens with one attached hydrogen (secondary N) is 2. The van der Waals surface area contributed by atoms with E-state index in [1.54, 1.807) is 13.8 Å². The van der Waals surface area contributed by atoms with Crippen LogP contribution in [-0.2, 0) is 28.7 Å². The van der Waals surface area contributed by atoms with E-state index in [-0.39, 0.29) is 6.54 Å². The zero-order chi connectivity index (χ0) is 21.6. The summed E-state index contributed by atoms with van der Waals surface area (Å²) in [7, 11) is 0. The van der Waals surface area contributed by atoms with Crippen molar-refractivity contribution in [3.8, 4) is 0 Å². The van der Waals surface area contributed by atoms with Crippen LogP contribution in [0.15, 0.2) is 11.8 Å². The zero-order valence-corrected chi connectivity index (χ0v) is 15.3. The van der Waals surface area contributed by atoms with Crippen molar-refractivity contribution in [1.29, 1.82) is 0 Å². The number of rotatable bonds is 6. The zero-order valence-electron chi connectivity index (χ0n) is 15.3. The van der Waals surface area contributed by atoms with Gasteiger partial charge >= 0.3 is 18.1 Å². The second-order valence-electron chi connectivity index (χ2n) is 5.64. The maximum Gasteiger partial charge on any atom is 0.491 e. The molecule has 0 aliphatic carbocycles. The minimum Gasteiger partial charge on any atom is -0.471 e. The van der Waals surface area contributed by atoms with Crippen LogP contribution in [0.5, 0.6) is 0 Å². The van der Waals surface area contributed by atoms with E-state index in [1.807, 2.05) is 0 Å². The molecule has 3 atom stereocenters. The number of alkyl halides is 3. The highest BCUT2D eigenvalue weighted by molar-refractivity contribution is 5.97. The van der Waals surface area contributed by atoms with Crippen LogP contribution in [0.1, 0.15) is 20.8 Å². The molecule has 13 heteroatoms. The molecule has 0 spiro atoms. The molecule has 158 valence electrons. The molecule has 0 aromatic heterocycles. The van der Waals surface area contributed by atoms with Crippen LogP contribution in [0.4, 0.5) is 13.2 Å². The summed E-state index contributed by atoms with van der Waals surface area (Å²) in [6.07, 6.45) is -6.09. The Morgan fingerprint density at radius 3 is 2.36 bits per heavy atom. The maximum atomic E-state index is 12.7. The van der Waals surface area contributed by atoms with Gasteiger partial charge < -0.3 is 20.5 Å². The number of hydrogen-bond acceptors (Lipinski definition) is 8. The van der Waals surface area contributed by atoms with Gasteiger partial charge in [-0.1, -0.05) is 6.92 Å². The van der Waals surface area contributed by atoms with Crippen molar-refractivity contribution in [2.45, 2.75) is 45.1 Å². The van der Waals surface area contributed by atoms with Gasteiger partial charge in [0.2, 0.25) is 17.8 Å². The predicted octanol–water partition coefficient (Wildman–Crippen LogP) is -0.894. The van der Waals surface area contributed by atoms with Crippen molar-refractivity contribution >= 4 is 23.8 Å². The molecule has 10 nitrogen and oxygen atoms in total. The monoisotopic (exact) mass is 410 g/mol. The molecular formula is C15H21F3N4O6. The van der Waals surface area contributed by atoms with Gasteiger partial charge in [-0.15, -0.1) is 0 Å². The number of hydrazine groups is 1. The molecular weight excluding hydrogens is 389 g/mol. The first-order chi connectivity index (χ1) is 12.9. The van der Waals surface area contributed by atoms with Crippen molar-refractivity contribution in [3.63, 3.8) is 0 Å². The fourth-order valence-electron chi connectivity index (χ4n) is 2.34. The number of carbonyl (C=O) groups is 4. The molecule has 28 heavy (non-hydrogen) atoms. The van der Waals surface area contributed by atoms with Crippen molar-refractivity contribution in [1.82, 2.24) is 15.8 Å². The van der Waals surface area contributed by atoms with Crippen molar-refractivity contribution in [2.75, 3.05) is 13.1 Å². The molecule has 0 saturated carbocycles. The van der Waals surface area contributed by atoms with Gasteiger partial charge in [-0.3, -0.25) is 14.6 Å². The highest BCUT2D eigenvalue weighted by atomic mass is 19.4. The van der Waals surface area contributed by atoms with Crippen LogP contribution >= 0.6 is 0 Å². The minimum absolute atomic E-state index is 0.171. The van der Waals surface area contributed by atoms with Crippen LogP contribution in [0, 0.1) is 0 Å². The summed E-state index contributed by atoms with van der Waals surface area (Å²) >= 11 is 0. The van der Waals surface area contributed by atoms with E-state index in [4.69, 9.17) is 10.5 Å². The number of nitrogens with zero attached hydrogens (tertiary/aromatic N) is 1. The Balaban J connectivity index is 3.14. The lowest BCUT2D eigenvalue weighted by Gasteiger charge is -2.36. The minimum atomic E-state index is -5.40. The Morgan fingerprint density at radius 2 is 1.89 bits per heavy atom. The van der Waals surface area contributed by atoms with Gasteiger partial charge in [-0.2, -0.15) is 13.2 Å². The lowest BCUT2D eigenvalue weighted by atomic mass is 9.98. The van der Waals surface area contributed by atoms with Gasteiger partial charge in [-0.05, 0) is 13.0 Å². The van der Waals surface area contributed by atoms with Gasteiger partial charge in [0.25, 0.3) is 5.91 Å². The third-order valence-corrected chi connectivity index (χ3v) is 3.50. The summed E-state index contributed by atoms with van der Waals surface area (Å²) in [5.74, 6) is -6.65. The lowest BCUT2D eigenvalue weighted by molar-refractivity contribution is -0.202. The van der Waals surface area contributed by atoms with Gasteiger partial charge in [0.15, 0.2) is 0 Å². The average molecular weight is 410 g/mol. The van der Waals surface area contributed by atoms with E-state index in [0.29, 0.717) is 6.54 Å². The summed E-state index contributed by atoms with van der Waals surface area (Å²) in [5, 5.41) is 3.53. The molecule has 0 saturated heterocycles. The number of amides is 2.